The van der Waals surface area contributed by atoms with Gasteiger partial charge in [-0.2, -0.15) is 5.10 Å². The maximum absolute atomic E-state index is 12.0. The van der Waals surface area contributed by atoms with E-state index in [0.29, 0.717) is 27.1 Å². The molecule has 0 aliphatic heterocycles. The Bertz CT molecular complexity index is 886. The Kier molecular flexibility index (Phi) is 4.99. The quantitative estimate of drug-likeness (QED) is 0.525. The van der Waals surface area contributed by atoms with Crippen molar-refractivity contribution in [3.8, 4) is 11.3 Å². The van der Waals surface area contributed by atoms with Crippen LogP contribution in [0.2, 0.25) is 10.0 Å². The number of hydrogen-bond acceptors (Lipinski definition) is 3. The van der Waals surface area contributed by atoms with Gasteiger partial charge in [-0.05, 0) is 48.5 Å². The van der Waals surface area contributed by atoms with Crippen LogP contribution in [-0.2, 0) is 0 Å². The first-order chi connectivity index (χ1) is 11.6. The van der Waals surface area contributed by atoms with Crippen molar-refractivity contribution in [2.75, 3.05) is 0 Å². The van der Waals surface area contributed by atoms with Crippen molar-refractivity contribution in [1.82, 2.24) is 5.43 Å². The van der Waals surface area contributed by atoms with Gasteiger partial charge in [0.2, 0.25) is 0 Å². The normalized spacial score (nSPS) is 10.9. The lowest BCUT2D eigenvalue weighted by molar-refractivity contribution is 0.0955. The Morgan fingerprint density at radius 3 is 2.50 bits per heavy atom. The van der Waals surface area contributed by atoms with E-state index in [1.807, 2.05) is 18.2 Å². The monoisotopic (exact) mass is 358 g/mol. The Morgan fingerprint density at radius 1 is 1.00 bits per heavy atom. The molecule has 0 atom stereocenters. The summed E-state index contributed by atoms with van der Waals surface area (Å²) in [5.74, 6) is 0.811. The Balaban J connectivity index is 1.66. The molecule has 2 aromatic carbocycles. The molecule has 0 aliphatic rings. The summed E-state index contributed by atoms with van der Waals surface area (Å²) in [6, 6.07) is 17.6. The SMILES string of the molecule is O=C(NN=Cc1ccc(-c2ccc(Cl)cc2)o1)c1ccccc1Cl. The zero-order chi connectivity index (χ0) is 16.9. The number of hydrazone groups is 1. The van der Waals surface area contributed by atoms with Crippen molar-refractivity contribution >= 4 is 35.3 Å². The van der Waals surface area contributed by atoms with Crippen LogP contribution in [0.4, 0.5) is 0 Å². The number of furan rings is 1. The summed E-state index contributed by atoms with van der Waals surface area (Å²) in [6.45, 7) is 0. The summed E-state index contributed by atoms with van der Waals surface area (Å²) < 4.78 is 5.65. The molecule has 6 heteroatoms. The summed E-state index contributed by atoms with van der Waals surface area (Å²) >= 11 is 11.8. The van der Waals surface area contributed by atoms with E-state index < -0.39 is 0 Å². The molecule has 120 valence electrons. The zero-order valence-electron chi connectivity index (χ0n) is 12.4. The highest BCUT2D eigenvalue weighted by Gasteiger charge is 2.08. The molecule has 0 spiro atoms. The minimum Gasteiger partial charge on any atom is -0.455 e. The molecule has 24 heavy (non-hydrogen) atoms. The maximum atomic E-state index is 12.0. The van der Waals surface area contributed by atoms with E-state index in [9.17, 15) is 4.79 Å². The molecule has 0 saturated carbocycles. The molecule has 0 bridgehead atoms. The summed E-state index contributed by atoms with van der Waals surface area (Å²) in [5.41, 5.74) is 3.67. The molecule has 1 aromatic heterocycles. The van der Waals surface area contributed by atoms with E-state index in [2.05, 4.69) is 10.5 Å². The highest BCUT2D eigenvalue weighted by molar-refractivity contribution is 6.33. The third-order valence-electron chi connectivity index (χ3n) is 3.23. The van der Waals surface area contributed by atoms with Crippen molar-refractivity contribution in [2.45, 2.75) is 0 Å². The number of nitrogens with zero attached hydrogens (tertiary/aromatic N) is 1. The standard InChI is InChI=1S/C18H12Cl2N2O2/c19-13-7-5-12(6-8-13)17-10-9-14(24-17)11-21-22-18(23)15-3-1-2-4-16(15)20/h1-11H,(H,22,23). The topological polar surface area (TPSA) is 54.6 Å². The largest absolute Gasteiger partial charge is 0.455 e. The van der Waals surface area contributed by atoms with Gasteiger partial charge in [0.1, 0.15) is 11.5 Å². The van der Waals surface area contributed by atoms with Gasteiger partial charge in [-0.1, -0.05) is 35.3 Å². The number of nitrogens with one attached hydrogen (secondary N) is 1. The van der Waals surface area contributed by atoms with Gasteiger partial charge < -0.3 is 4.42 Å². The minimum absolute atomic E-state index is 0.359. The van der Waals surface area contributed by atoms with Crippen LogP contribution < -0.4 is 5.43 Å². The molecule has 0 aliphatic carbocycles. The fourth-order valence-electron chi connectivity index (χ4n) is 2.05. The molecule has 0 radical (unpaired) electrons. The van der Waals surface area contributed by atoms with Crippen LogP contribution in [0.15, 0.2) is 70.2 Å². The number of carbonyl (C=O) groups excluding carboxylic acids is 1. The van der Waals surface area contributed by atoms with Gasteiger partial charge in [0.25, 0.3) is 5.91 Å². The number of amides is 1. The Labute approximate surface area is 148 Å². The molecule has 3 aromatic rings. The van der Waals surface area contributed by atoms with Crippen LogP contribution in [0.1, 0.15) is 16.1 Å². The lowest BCUT2D eigenvalue weighted by atomic mass is 10.2. The molecular weight excluding hydrogens is 347 g/mol. The Morgan fingerprint density at radius 2 is 1.75 bits per heavy atom. The van der Waals surface area contributed by atoms with Crippen LogP contribution >= 0.6 is 23.2 Å². The first kappa shape index (κ1) is 16.3. The summed E-state index contributed by atoms with van der Waals surface area (Å²) in [6.07, 6.45) is 1.42. The molecule has 1 amide bonds. The van der Waals surface area contributed by atoms with Crippen LogP contribution in [0.25, 0.3) is 11.3 Å². The van der Waals surface area contributed by atoms with Gasteiger partial charge >= 0.3 is 0 Å². The molecule has 1 heterocycles. The van der Waals surface area contributed by atoms with Crippen LogP contribution in [0.3, 0.4) is 0 Å². The van der Waals surface area contributed by atoms with Gasteiger partial charge in [-0.3, -0.25) is 4.79 Å². The second-order valence-electron chi connectivity index (χ2n) is 4.89. The molecule has 0 saturated heterocycles. The minimum atomic E-state index is -0.388. The maximum Gasteiger partial charge on any atom is 0.272 e. The van der Waals surface area contributed by atoms with E-state index in [4.69, 9.17) is 27.6 Å². The third-order valence-corrected chi connectivity index (χ3v) is 3.81. The molecule has 1 N–H and O–H groups in total. The van der Waals surface area contributed by atoms with Crippen LogP contribution in [-0.4, -0.2) is 12.1 Å². The fraction of sp³-hybridized carbons (Fsp3) is 0. The first-order valence-corrected chi connectivity index (χ1v) is 7.83. The van der Waals surface area contributed by atoms with Crippen molar-refractivity contribution in [3.05, 3.63) is 82.0 Å². The lowest BCUT2D eigenvalue weighted by Gasteiger charge is -2.01. The van der Waals surface area contributed by atoms with Gasteiger partial charge in [0, 0.05) is 10.6 Å². The van der Waals surface area contributed by atoms with E-state index in [1.54, 1.807) is 42.5 Å². The smallest absolute Gasteiger partial charge is 0.272 e. The number of benzene rings is 2. The highest BCUT2D eigenvalue weighted by atomic mass is 35.5. The van der Waals surface area contributed by atoms with Crippen molar-refractivity contribution < 1.29 is 9.21 Å². The van der Waals surface area contributed by atoms with Crippen molar-refractivity contribution in [1.29, 1.82) is 0 Å². The second kappa shape index (κ2) is 7.34. The van der Waals surface area contributed by atoms with E-state index in [-0.39, 0.29) is 5.91 Å². The molecule has 3 rings (SSSR count). The summed E-state index contributed by atoms with van der Waals surface area (Å²) in [4.78, 5) is 12.0. The molecule has 0 fully saturated rings. The summed E-state index contributed by atoms with van der Waals surface area (Å²) in [7, 11) is 0. The third kappa shape index (κ3) is 3.85. The molecule has 4 nitrogen and oxygen atoms in total. The molecular formula is C18H12Cl2N2O2. The first-order valence-electron chi connectivity index (χ1n) is 7.07. The van der Waals surface area contributed by atoms with Crippen LogP contribution in [0, 0.1) is 0 Å². The number of hydrogen-bond donors (Lipinski definition) is 1. The highest BCUT2D eigenvalue weighted by Crippen LogP contribution is 2.23. The number of rotatable bonds is 4. The molecule has 0 unspecified atom stereocenters. The van der Waals surface area contributed by atoms with Gasteiger partial charge in [-0.25, -0.2) is 5.43 Å². The number of carbonyl (C=O) groups is 1. The second-order valence-corrected chi connectivity index (χ2v) is 5.73. The van der Waals surface area contributed by atoms with Gasteiger partial charge in [0.05, 0.1) is 16.8 Å². The van der Waals surface area contributed by atoms with Gasteiger partial charge in [-0.15, -0.1) is 0 Å². The zero-order valence-corrected chi connectivity index (χ0v) is 13.9. The van der Waals surface area contributed by atoms with E-state index in [1.165, 1.54) is 6.21 Å². The van der Waals surface area contributed by atoms with Crippen molar-refractivity contribution in [2.24, 2.45) is 5.10 Å². The summed E-state index contributed by atoms with van der Waals surface area (Å²) in [5, 5.41) is 4.91. The lowest BCUT2D eigenvalue weighted by Crippen LogP contribution is -2.17. The average Bonchev–Trinajstić information content (AvgIpc) is 3.04. The predicted molar refractivity (Wildman–Crippen MR) is 95.7 cm³/mol. The average molecular weight is 359 g/mol. The van der Waals surface area contributed by atoms with Gasteiger partial charge in [0.15, 0.2) is 0 Å². The van der Waals surface area contributed by atoms with Crippen LogP contribution in [0.5, 0.6) is 0 Å². The Hall–Kier alpha value is -2.56. The van der Waals surface area contributed by atoms with Crippen molar-refractivity contribution in [3.63, 3.8) is 0 Å². The fourth-order valence-corrected chi connectivity index (χ4v) is 2.40. The van der Waals surface area contributed by atoms with E-state index >= 15 is 0 Å². The number of halogens is 2. The predicted octanol–water partition coefficient (Wildman–Crippen LogP) is 5.02. The van der Waals surface area contributed by atoms with E-state index in [0.717, 1.165) is 5.56 Å².